The molecule has 2 rings (SSSR count). The minimum Gasteiger partial charge on any atom is -0.478 e. The van der Waals surface area contributed by atoms with E-state index >= 15 is 0 Å². The summed E-state index contributed by atoms with van der Waals surface area (Å²) in [6, 6.07) is -0.968. The van der Waals surface area contributed by atoms with Crippen LogP contribution in [-0.2, 0) is 18.3 Å². The van der Waals surface area contributed by atoms with Crippen LogP contribution in [0.4, 0.5) is 13.2 Å². The van der Waals surface area contributed by atoms with Gasteiger partial charge in [-0.3, -0.25) is 4.79 Å². The van der Waals surface area contributed by atoms with Crippen molar-refractivity contribution in [3.8, 4) is 0 Å². The van der Waals surface area contributed by atoms with Gasteiger partial charge in [0.25, 0.3) is 0 Å². The fraction of sp³-hybridized carbons (Fsp3) is 0.308. The number of halogens is 3. The lowest BCUT2D eigenvalue weighted by atomic mass is 10.2. The number of hydrogen-bond donors (Lipinski definition) is 2. The second-order valence-corrected chi connectivity index (χ2v) is 5.72. The maximum atomic E-state index is 13.1. The first kappa shape index (κ1) is 17.0. The van der Waals surface area contributed by atoms with Crippen LogP contribution in [-0.4, -0.2) is 32.7 Å². The summed E-state index contributed by atoms with van der Waals surface area (Å²) in [6.07, 6.45) is -2.48. The Morgan fingerprint density at radius 3 is 2.65 bits per heavy atom. The van der Waals surface area contributed by atoms with E-state index in [2.05, 4.69) is 4.98 Å². The Balaban J connectivity index is 2.12. The number of alkyl halides is 3. The van der Waals surface area contributed by atoms with Crippen LogP contribution in [0, 0.1) is 0 Å². The summed E-state index contributed by atoms with van der Waals surface area (Å²) in [5.74, 6) is -2.36. The molecule has 0 saturated heterocycles. The molecule has 2 aromatic rings. The highest BCUT2D eigenvalue weighted by atomic mass is 32.1. The van der Waals surface area contributed by atoms with E-state index in [9.17, 15) is 22.8 Å². The predicted molar refractivity (Wildman–Crippen MR) is 75.1 cm³/mol. The summed E-state index contributed by atoms with van der Waals surface area (Å²) in [6.45, 7) is 0. The van der Waals surface area contributed by atoms with Gasteiger partial charge >= 0.3 is 12.1 Å². The molecular formula is C13H12F3N3O3S. The number of aromatic nitrogens is 2. The maximum Gasteiger partial charge on any atom is 0.415 e. The van der Waals surface area contributed by atoms with Crippen LogP contribution < -0.4 is 5.32 Å². The number of carboxylic acid groups (broad SMARTS) is 1. The first-order valence-corrected chi connectivity index (χ1v) is 7.20. The number of amides is 1. The van der Waals surface area contributed by atoms with Gasteiger partial charge in [0.1, 0.15) is 5.82 Å². The number of carbonyl (C=O) groups is 2. The molecule has 124 valence electrons. The van der Waals surface area contributed by atoms with Crippen molar-refractivity contribution in [1.29, 1.82) is 0 Å². The Labute approximate surface area is 132 Å². The Morgan fingerprint density at radius 2 is 2.17 bits per heavy atom. The summed E-state index contributed by atoms with van der Waals surface area (Å²) in [5.41, 5.74) is -0.00530. The molecule has 1 unspecified atom stereocenters. The lowest BCUT2D eigenvalue weighted by molar-refractivity contribution is -0.165. The van der Waals surface area contributed by atoms with Gasteiger partial charge < -0.3 is 15.0 Å². The Hall–Kier alpha value is -2.36. The molecule has 0 bridgehead atoms. The van der Waals surface area contributed by atoms with Crippen molar-refractivity contribution in [3.63, 3.8) is 0 Å². The van der Waals surface area contributed by atoms with E-state index in [1.165, 1.54) is 35.5 Å². The van der Waals surface area contributed by atoms with Crippen molar-refractivity contribution >= 4 is 23.2 Å². The number of aryl methyl sites for hydroxylation is 1. The van der Waals surface area contributed by atoms with Gasteiger partial charge in [-0.15, -0.1) is 11.3 Å². The number of carboxylic acids is 1. The van der Waals surface area contributed by atoms with Gasteiger partial charge in [0.15, 0.2) is 6.04 Å². The topological polar surface area (TPSA) is 84.2 Å². The zero-order valence-electron chi connectivity index (χ0n) is 11.8. The number of carbonyl (C=O) groups excluding carboxylic acids is 1. The van der Waals surface area contributed by atoms with E-state index in [0.29, 0.717) is 4.88 Å². The largest absolute Gasteiger partial charge is 0.478 e. The standard InChI is InChI=1S/C13H12F3N3O3S/c1-19-3-2-17-11(19)10(13(14,15)16)18-9(20)5-8-4-7(6-23-8)12(21)22/h2-4,6,10H,5H2,1H3,(H,18,20)(H,21,22). The van der Waals surface area contributed by atoms with Crippen molar-refractivity contribution < 1.29 is 27.9 Å². The van der Waals surface area contributed by atoms with Gasteiger partial charge in [-0.1, -0.05) is 0 Å². The normalized spacial score (nSPS) is 12.9. The van der Waals surface area contributed by atoms with E-state index < -0.39 is 24.1 Å². The highest BCUT2D eigenvalue weighted by Gasteiger charge is 2.44. The zero-order chi connectivity index (χ0) is 17.2. The molecular weight excluding hydrogens is 335 g/mol. The van der Waals surface area contributed by atoms with Gasteiger partial charge in [0, 0.05) is 29.7 Å². The average Bonchev–Trinajstić information content (AvgIpc) is 3.04. The van der Waals surface area contributed by atoms with Crippen molar-refractivity contribution in [2.45, 2.75) is 18.6 Å². The number of imidazole rings is 1. The van der Waals surface area contributed by atoms with Gasteiger partial charge in [-0.25, -0.2) is 9.78 Å². The molecule has 2 N–H and O–H groups in total. The minimum absolute atomic E-state index is 0.00530. The van der Waals surface area contributed by atoms with Crippen molar-refractivity contribution in [3.05, 3.63) is 40.1 Å². The fourth-order valence-corrected chi connectivity index (χ4v) is 2.76. The van der Waals surface area contributed by atoms with E-state index in [-0.39, 0.29) is 17.8 Å². The first-order valence-electron chi connectivity index (χ1n) is 6.32. The summed E-state index contributed by atoms with van der Waals surface area (Å²) >= 11 is 0.998. The highest BCUT2D eigenvalue weighted by Crippen LogP contribution is 2.31. The van der Waals surface area contributed by atoms with Gasteiger partial charge in [-0.05, 0) is 6.07 Å². The lowest BCUT2D eigenvalue weighted by Crippen LogP contribution is -2.40. The van der Waals surface area contributed by atoms with E-state index in [4.69, 9.17) is 5.11 Å². The van der Waals surface area contributed by atoms with Crippen LogP contribution in [0.3, 0.4) is 0 Å². The van der Waals surface area contributed by atoms with Crippen LogP contribution in [0.15, 0.2) is 23.8 Å². The molecule has 1 atom stereocenters. The molecule has 0 spiro atoms. The third-order valence-corrected chi connectivity index (χ3v) is 3.92. The molecule has 0 aliphatic heterocycles. The Kier molecular flexibility index (Phi) is 4.73. The van der Waals surface area contributed by atoms with Gasteiger partial charge in [0.05, 0.1) is 12.0 Å². The highest BCUT2D eigenvalue weighted by molar-refractivity contribution is 7.10. The number of aromatic carboxylic acids is 1. The molecule has 0 saturated carbocycles. The minimum atomic E-state index is -4.70. The summed E-state index contributed by atoms with van der Waals surface area (Å²) in [7, 11) is 1.39. The molecule has 0 fully saturated rings. The summed E-state index contributed by atoms with van der Waals surface area (Å²) < 4.78 is 40.6. The quantitative estimate of drug-likeness (QED) is 0.868. The van der Waals surface area contributed by atoms with Gasteiger partial charge in [0.2, 0.25) is 5.91 Å². The number of thiophene rings is 1. The summed E-state index contributed by atoms with van der Waals surface area (Å²) in [4.78, 5) is 26.6. The van der Waals surface area contributed by atoms with E-state index in [0.717, 1.165) is 11.3 Å². The molecule has 1 amide bonds. The van der Waals surface area contributed by atoms with Crippen molar-refractivity contribution in [1.82, 2.24) is 14.9 Å². The van der Waals surface area contributed by atoms with E-state index in [1.807, 2.05) is 5.32 Å². The second kappa shape index (κ2) is 6.41. The monoisotopic (exact) mass is 347 g/mol. The molecule has 0 aliphatic rings. The predicted octanol–water partition coefficient (Wildman–Crippen LogP) is 2.14. The smallest absolute Gasteiger partial charge is 0.415 e. The Morgan fingerprint density at radius 1 is 1.48 bits per heavy atom. The number of nitrogens with one attached hydrogen (secondary N) is 1. The molecule has 2 heterocycles. The lowest BCUT2D eigenvalue weighted by Gasteiger charge is -2.21. The third-order valence-electron chi connectivity index (χ3n) is 2.98. The molecule has 2 aromatic heterocycles. The van der Waals surface area contributed by atoms with Crippen LogP contribution in [0.2, 0.25) is 0 Å². The average molecular weight is 347 g/mol. The molecule has 6 nitrogen and oxygen atoms in total. The fourth-order valence-electron chi connectivity index (χ4n) is 1.90. The molecule has 10 heteroatoms. The summed E-state index contributed by atoms with van der Waals surface area (Å²) in [5, 5.41) is 12.0. The maximum absolute atomic E-state index is 13.1. The first-order chi connectivity index (χ1) is 10.7. The van der Waals surface area contributed by atoms with Gasteiger partial charge in [-0.2, -0.15) is 13.2 Å². The molecule has 0 aromatic carbocycles. The number of nitrogens with zero attached hydrogens (tertiary/aromatic N) is 2. The number of rotatable bonds is 5. The molecule has 23 heavy (non-hydrogen) atoms. The van der Waals surface area contributed by atoms with Crippen LogP contribution >= 0.6 is 11.3 Å². The van der Waals surface area contributed by atoms with Crippen LogP contribution in [0.5, 0.6) is 0 Å². The second-order valence-electron chi connectivity index (χ2n) is 4.72. The van der Waals surface area contributed by atoms with Crippen LogP contribution in [0.1, 0.15) is 27.1 Å². The van der Waals surface area contributed by atoms with Crippen molar-refractivity contribution in [2.24, 2.45) is 7.05 Å². The Bertz CT molecular complexity index is 723. The van der Waals surface area contributed by atoms with Crippen molar-refractivity contribution in [2.75, 3.05) is 0 Å². The molecule has 0 radical (unpaired) electrons. The third kappa shape index (κ3) is 4.09. The van der Waals surface area contributed by atoms with Crippen LogP contribution in [0.25, 0.3) is 0 Å². The molecule has 0 aliphatic carbocycles. The number of hydrogen-bond acceptors (Lipinski definition) is 4. The van der Waals surface area contributed by atoms with E-state index in [1.54, 1.807) is 0 Å². The SMILES string of the molecule is Cn1ccnc1C(NC(=O)Cc1cc(C(=O)O)cs1)C(F)(F)F. The zero-order valence-corrected chi connectivity index (χ0v) is 12.6.